The summed E-state index contributed by atoms with van der Waals surface area (Å²) in [5.41, 5.74) is 2.27. The van der Waals surface area contributed by atoms with Crippen molar-refractivity contribution in [3.05, 3.63) is 60.2 Å². The fourth-order valence-corrected chi connectivity index (χ4v) is 3.90. The zero-order valence-corrected chi connectivity index (χ0v) is 15.2. The molecule has 140 valence electrons. The normalized spacial score (nSPS) is 15.7. The van der Waals surface area contributed by atoms with Gasteiger partial charge in [-0.3, -0.25) is 14.9 Å². The number of pyridine rings is 1. The summed E-state index contributed by atoms with van der Waals surface area (Å²) in [7, 11) is 0. The van der Waals surface area contributed by atoms with Crippen molar-refractivity contribution < 1.29 is 9.21 Å². The lowest BCUT2D eigenvalue weighted by atomic mass is 9.94. The summed E-state index contributed by atoms with van der Waals surface area (Å²) < 4.78 is 5.35. The van der Waals surface area contributed by atoms with Crippen LogP contribution in [-0.2, 0) is 6.42 Å². The van der Waals surface area contributed by atoms with Crippen LogP contribution >= 0.6 is 0 Å². The summed E-state index contributed by atoms with van der Waals surface area (Å²) in [6.07, 6.45) is 12.1. The van der Waals surface area contributed by atoms with Crippen molar-refractivity contribution in [3.8, 4) is 11.5 Å². The van der Waals surface area contributed by atoms with Gasteiger partial charge in [0, 0.05) is 24.5 Å². The molecular formula is C21H24N4O2. The molecule has 3 aromatic rings. The molecule has 4 rings (SSSR count). The number of hydrogen-bond donors (Lipinski definition) is 2. The minimum absolute atomic E-state index is 0.0896. The number of carbonyl (C=O) groups is 1. The molecule has 1 saturated carbocycles. The molecule has 1 atom stereocenters. The Kier molecular flexibility index (Phi) is 5.32. The molecule has 0 saturated heterocycles. The van der Waals surface area contributed by atoms with Gasteiger partial charge in [0.05, 0.1) is 6.26 Å². The average Bonchev–Trinajstić information content (AvgIpc) is 3.44. The number of nitrogens with one attached hydrogen (secondary N) is 2. The maximum atomic E-state index is 12.8. The molecule has 6 heteroatoms. The highest BCUT2D eigenvalue weighted by molar-refractivity contribution is 5.93. The van der Waals surface area contributed by atoms with E-state index < -0.39 is 0 Å². The zero-order chi connectivity index (χ0) is 18.5. The summed E-state index contributed by atoms with van der Waals surface area (Å²) in [5, 5.41) is 10.2. The Morgan fingerprint density at radius 2 is 2.07 bits per heavy atom. The maximum Gasteiger partial charge on any atom is 0.272 e. The SMILES string of the molecule is O=C(NC(Cc1ccncc1)CC1CCCC1)c1cc(-c2ccco2)[nH]n1. The molecule has 0 aliphatic heterocycles. The first-order valence-electron chi connectivity index (χ1n) is 9.57. The van der Waals surface area contributed by atoms with Gasteiger partial charge in [-0.25, -0.2) is 0 Å². The molecule has 1 amide bonds. The second-order valence-electron chi connectivity index (χ2n) is 7.26. The second kappa shape index (κ2) is 8.20. The van der Waals surface area contributed by atoms with Crippen molar-refractivity contribution in [3.63, 3.8) is 0 Å². The predicted octanol–water partition coefficient (Wildman–Crippen LogP) is 3.99. The Hall–Kier alpha value is -2.89. The van der Waals surface area contributed by atoms with E-state index in [9.17, 15) is 4.79 Å². The molecule has 1 fully saturated rings. The molecule has 2 N–H and O–H groups in total. The molecule has 1 aliphatic carbocycles. The van der Waals surface area contributed by atoms with Gasteiger partial charge >= 0.3 is 0 Å². The van der Waals surface area contributed by atoms with Gasteiger partial charge in [-0.2, -0.15) is 5.10 Å². The first-order valence-corrected chi connectivity index (χ1v) is 9.57. The van der Waals surface area contributed by atoms with Crippen LogP contribution in [0.5, 0.6) is 0 Å². The first kappa shape index (κ1) is 17.5. The van der Waals surface area contributed by atoms with Crippen LogP contribution in [0.25, 0.3) is 11.5 Å². The van der Waals surface area contributed by atoms with E-state index in [2.05, 4.69) is 20.5 Å². The number of hydrogen-bond acceptors (Lipinski definition) is 4. The van der Waals surface area contributed by atoms with Gasteiger partial charge in [-0.05, 0) is 48.6 Å². The van der Waals surface area contributed by atoms with Gasteiger partial charge in [0.1, 0.15) is 5.69 Å². The summed E-state index contributed by atoms with van der Waals surface area (Å²) in [4.78, 5) is 16.8. The van der Waals surface area contributed by atoms with Crippen molar-refractivity contribution >= 4 is 5.91 Å². The molecule has 0 radical (unpaired) electrons. The van der Waals surface area contributed by atoms with E-state index in [1.807, 2.05) is 24.3 Å². The van der Waals surface area contributed by atoms with Gasteiger partial charge in [-0.15, -0.1) is 0 Å². The number of rotatable bonds is 7. The highest BCUT2D eigenvalue weighted by Gasteiger charge is 2.23. The quantitative estimate of drug-likeness (QED) is 0.664. The molecule has 6 nitrogen and oxygen atoms in total. The monoisotopic (exact) mass is 364 g/mol. The Bertz CT molecular complexity index is 851. The lowest BCUT2D eigenvalue weighted by Crippen LogP contribution is -2.38. The molecule has 27 heavy (non-hydrogen) atoms. The molecule has 3 aromatic heterocycles. The number of aromatic nitrogens is 3. The van der Waals surface area contributed by atoms with E-state index >= 15 is 0 Å². The van der Waals surface area contributed by atoms with Gasteiger partial charge in [0.2, 0.25) is 0 Å². The van der Waals surface area contributed by atoms with Gasteiger partial charge < -0.3 is 9.73 Å². The fraction of sp³-hybridized carbons (Fsp3) is 0.381. The minimum atomic E-state index is -0.152. The van der Waals surface area contributed by atoms with E-state index in [0.717, 1.165) is 12.8 Å². The van der Waals surface area contributed by atoms with Gasteiger partial charge in [0.25, 0.3) is 5.91 Å². The Morgan fingerprint density at radius 1 is 1.26 bits per heavy atom. The van der Waals surface area contributed by atoms with E-state index in [0.29, 0.717) is 23.1 Å². The van der Waals surface area contributed by atoms with Crippen molar-refractivity contribution in [1.82, 2.24) is 20.5 Å². The Balaban J connectivity index is 1.45. The molecule has 1 aliphatic rings. The third-order valence-corrected chi connectivity index (χ3v) is 5.26. The van der Waals surface area contributed by atoms with Crippen LogP contribution < -0.4 is 5.32 Å². The van der Waals surface area contributed by atoms with Crippen LogP contribution in [-0.4, -0.2) is 27.1 Å². The van der Waals surface area contributed by atoms with Gasteiger partial charge in [0.15, 0.2) is 11.5 Å². The second-order valence-corrected chi connectivity index (χ2v) is 7.26. The number of nitrogens with zero attached hydrogens (tertiary/aromatic N) is 2. The van der Waals surface area contributed by atoms with Crippen LogP contribution in [0, 0.1) is 5.92 Å². The van der Waals surface area contributed by atoms with E-state index in [1.54, 1.807) is 24.7 Å². The molecule has 0 spiro atoms. The minimum Gasteiger partial charge on any atom is -0.463 e. The third kappa shape index (κ3) is 4.45. The molecule has 3 heterocycles. The van der Waals surface area contributed by atoms with Crippen molar-refractivity contribution in [2.45, 2.75) is 44.6 Å². The highest BCUT2D eigenvalue weighted by atomic mass is 16.3. The number of furan rings is 1. The summed E-state index contributed by atoms with van der Waals surface area (Å²) in [6.45, 7) is 0. The number of carbonyl (C=O) groups excluding carboxylic acids is 1. The fourth-order valence-electron chi connectivity index (χ4n) is 3.90. The molecular weight excluding hydrogens is 340 g/mol. The van der Waals surface area contributed by atoms with Crippen molar-refractivity contribution in [1.29, 1.82) is 0 Å². The molecule has 0 bridgehead atoms. The molecule has 1 unspecified atom stereocenters. The number of H-pyrrole nitrogens is 1. The smallest absolute Gasteiger partial charge is 0.272 e. The Morgan fingerprint density at radius 3 is 2.81 bits per heavy atom. The predicted molar refractivity (Wildman–Crippen MR) is 102 cm³/mol. The van der Waals surface area contributed by atoms with Crippen LogP contribution in [0.4, 0.5) is 0 Å². The number of amides is 1. The summed E-state index contributed by atoms with van der Waals surface area (Å²) >= 11 is 0. The van der Waals surface area contributed by atoms with E-state index in [-0.39, 0.29) is 11.9 Å². The van der Waals surface area contributed by atoms with E-state index in [4.69, 9.17) is 4.42 Å². The standard InChI is InChI=1S/C21H24N4O2/c26-21(19-14-18(24-25-19)20-6-3-11-27-20)23-17(12-15-4-1-2-5-15)13-16-7-9-22-10-8-16/h3,6-11,14-15,17H,1-2,4-5,12-13H2,(H,23,26)(H,24,25). The lowest BCUT2D eigenvalue weighted by Gasteiger charge is -2.21. The Labute approximate surface area is 158 Å². The van der Waals surface area contributed by atoms with Crippen molar-refractivity contribution in [2.24, 2.45) is 5.92 Å². The largest absolute Gasteiger partial charge is 0.463 e. The number of aromatic amines is 1. The first-order chi connectivity index (χ1) is 13.3. The van der Waals surface area contributed by atoms with Crippen LogP contribution in [0.2, 0.25) is 0 Å². The van der Waals surface area contributed by atoms with Crippen molar-refractivity contribution in [2.75, 3.05) is 0 Å². The average molecular weight is 364 g/mol. The lowest BCUT2D eigenvalue weighted by molar-refractivity contribution is 0.0926. The third-order valence-electron chi connectivity index (χ3n) is 5.26. The maximum absolute atomic E-state index is 12.8. The summed E-state index contributed by atoms with van der Waals surface area (Å²) in [5.74, 6) is 1.21. The topological polar surface area (TPSA) is 83.8 Å². The van der Waals surface area contributed by atoms with Crippen LogP contribution in [0.3, 0.4) is 0 Å². The zero-order valence-electron chi connectivity index (χ0n) is 15.2. The van der Waals surface area contributed by atoms with E-state index in [1.165, 1.54) is 31.2 Å². The van der Waals surface area contributed by atoms with Crippen LogP contribution in [0.15, 0.2) is 53.4 Å². The molecule has 0 aromatic carbocycles. The van der Waals surface area contributed by atoms with Gasteiger partial charge in [-0.1, -0.05) is 25.7 Å². The van der Waals surface area contributed by atoms with Crippen LogP contribution in [0.1, 0.15) is 48.2 Å². The summed E-state index contributed by atoms with van der Waals surface area (Å²) in [6, 6.07) is 9.48. The highest BCUT2D eigenvalue weighted by Crippen LogP contribution is 2.29.